The number of nitrogens with one attached hydrogen (secondary N) is 1. The van der Waals surface area contributed by atoms with Crippen LogP contribution in [-0.4, -0.2) is 9.97 Å². The molecule has 0 bridgehead atoms. The Morgan fingerprint density at radius 2 is 2.27 bits per heavy atom. The van der Waals surface area contributed by atoms with Crippen molar-refractivity contribution < 1.29 is 0 Å². The molecule has 0 saturated heterocycles. The van der Waals surface area contributed by atoms with Crippen LogP contribution < -0.4 is 0 Å². The summed E-state index contributed by atoms with van der Waals surface area (Å²) in [7, 11) is 0. The Morgan fingerprint density at radius 3 is 3.00 bits per heavy atom. The number of aromatic nitrogens is 2. The molecule has 1 atom stereocenters. The largest absolute Gasteiger partial charge is 0.342 e. The molecule has 1 aliphatic carbocycles. The fraction of sp³-hybridized carbons (Fsp3) is 0.417. The molecule has 1 unspecified atom stereocenters. The molecule has 1 aromatic heterocycles. The lowest BCUT2D eigenvalue weighted by Crippen LogP contribution is -1.97. The van der Waals surface area contributed by atoms with Crippen LogP contribution in [0.2, 0.25) is 5.02 Å². The average molecular weight is 221 g/mol. The molecule has 3 heteroatoms. The third-order valence-electron chi connectivity index (χ3n) is 3.22. The van der Waals surface area contributed by atoms with Gasteiger partial charge in [-0.25, -0.2) is 4.98 Å². The van der Waals surface area contributed by atoms with Crippen LogP contribution >= 0.6 is 11.6 Å². The van der Waals surface area contributed by atoms with Crippen molar-refractivity contribution in [3.63, 3.8) is 0 Å². The Balaban J connectivity index is 2.05. The molecular weight excluding hydrogens is 208 g/mol. The van der Waals surface area contributed by atoms with Gasteiger partial charge in [0.1, 0.15) is 5.82 Å². The van der Waals surface area contributed by atoms with Crippen LogP contribution in [0, 0.1) is 5.92 Å². The molecule has 0 radical (unpaired) electrons. The van der Waals surface area contributed by atoms with Crippen molar-refractivity contribution in [1.82, 2.24) is 9.97 Å². The quantitative estimate of drug-likeness (QED) is 0.821. The Bertz CT molecular complexity index is 499. The molecule has 0 spiro atoms. The number of nitrogens with zero attached hydrogens (tertiary/aromatic N) is 1. The number of halogens is 1. The SMILES string of the molecule is CC(c1nc2ccc(Cl)cc2[nH]1)C1CC1. The lowest BCUT2D eigenvalue weighted by Gasteiger charge is -2.04. The second kappa shape index (κ2) is 3.24. The summed E-state index contributed by atoms with van der Waals surface area (Å²) in [6.45, 7) is 2.25. The maximum Gasteiger partial charge on any atom is 0.110 e. The normalized spacial score (nSPS) is 18.3. The predicted octanol–water partition coefficient (Wildman–Crippen LogP) is 3.73. The van der Waals surface area contributed by atoms with Crippen LogP contribution in [-0.2, 0) is 0 Å². The van der Waals surface area contributed by atoms with Gasteiger partial charge in [0.2, 0.25) is 0 Å². The van der Waals surface area contributed by atoms with Crippen LogP contribution in [0.25, 0.3) is 11.0 Å². The van der Waals surface area contributed by atoms with Gasteiger partial charge in [-0.15, -0.1) is 0 Å². The van der Waals surface area contributed by atoms with Gasteiger partial charge in [0.05, 0.1) is 11.0 Å². The van der Waals surface area contributed by atoms with Gasteiger partial charge in [0.25, 0.3) is 0 Å². The third-order valence-corrected chi connectivity index (χ3v) is 3.46. The van der Waals surface area contributed by atoms with E-state index in [0.29, 0.717) is 5.92 Å². The monoisotopic (exact) mass is 220 g/mol. The van der Waals surface area contributed by atoms with E-state index in [1.165, 1.54) is 12.8 Å². The first-order valence-electron chi connectivity index (χ1n) is 5.39. The van der Waals surface area contributed by atoms with Gasteiger partial charge in [-0.05, 0) is 37.0 Å². The highest BCUT2D eigenvalue weighted by Crippen LogP contribution is 2.41. The van der Waals surface area contributed by atoms with Crippen molar-refractivity contribution >= 4 is 22.6 Å². The summed E-state index contributed by atoms with van der Waals surface area (Å²) in [6.07, 6.45) is 2.69. The number of fused-ring (bicyclic) bond motifs is 1. The summed E-state index contributed by atoms with van der Waals surface area (Å²) in [4.78, 5) is 7.96. The number of imidazole rings is 1. The van der Waals surface area contributed by atoms with E-state index in [2.05, 4.69) is 16.9 Å². The smallest absolute Gasteiger partial charge is 0.110 e. The Labute approximate surface area is 93.7 Å². The number of H-pyrrole nitrogens is 1. The molecular formula is C12H13ClN2. The van der Waals surface area contributed by atoms with Gasteiger partial charge >= 0.3 is 0 Å². The summed E-state index contributed by atoms with van der Waals surface area (Å²) in [5.74, 6) is 2.49. The molecule has 1 saturated carbocycles. The molecule has 1 aliphatic rings. The van der Waals surface area contributed by atoms with Crippen molar-refractivity contribution in [1.29, 1.82) is 0 Å². The lowest BCUT2D eigenvalue weighted by molar-refractivity contribution is 0.630. The van der Waals surface area contributed by atoms with E-state index in [1.807, 2.05) is 18.2 Å². The Morgan fingerprint density at radius 1 is 1.47 bits per heavy atom. The van der Waals surface area contributed by atoms with E-state index in [1.54, 1.807) is 0 Å². The van der Waals surface area contributed by atoms with Gasteiger partial charge < -0.3 is 4.98 Å². The summed E-state index contributed by atoms with van der Waals surface area (Å²) in [6, 6.07) is 5.79. The topological polar surface area (TPSA) is 28.7 Å². The van der Waals surface area contributed by atoms with Crippen LogP contribution in [0.3, 0.4) is 0 Å². The van der Waals surface area contributed by atoms with E-state index in [0.717, 1.165) is 27.8 Å². The standard InChI is InChI=1S/C12H13ClN2/c1-7(8-2-3-8)12-14-10-5-4-9(13)6-11(10)15-12/h4-8H,2-3H2,1H3,(H,14,15). The van der Waals surface area contributed by atoms with Gasteiger partial charge in [-0.3, -0.25) is 0 Å². The van der Waals surface area contributed by atoms with Crippen LogP contribution in [0.15, 0.2) is 18.2 Å². The van der Waals surface area contributed by atoms with Crippen LogP contribution in [0.5, 0.6) is 0 Å². The molecule has 3 rings (SSSR count). The molecule has 2 aromatic rings. The third kappa shape index (κ3) is 1.63. The van der Waals surface area contributed by atoms with Crippen molar-refractivity contribution in [3.05, 3.63) is 29.0 Å². The molecule has 1 N–H and O–H groups in total. The fourth-order valence-electron chi connectivity index (χ4n) is 2.04. The van der Waals surface area contributed by atoms with E-state index in [9.17, 15) is 0 Å². The molecule has 1 heterocycles. The highest BCUT2D eigenvalue weighted by Gasteiger charge is 2.30. The van der Waals surface area contributed by atoms with Gasteiger partial charge in [0, 0.05) is 10.9 Å². The molecule has 78 valence electrons. The molecule has 0 amide bonds. The summed E-state index contributed by atoms with van der Waals surface area (Å²) in [5, 5.41) is 0.761. The number of rotatable bonds is 2. The molecule has 0 aliphatic heterocycles. The van der Waals surface area contributed by atoms with Gasteiger partial charge in [-0.2, -0.15) is 0 Å². The summed E-state index contributed by atoms with van der Waals surface area (Å²) < 4.78 is 0. The summed E-state index contributed by atoms with van der Waals surface area (Å²) >= 11 is 5.93. The molecule has 1 aromatic carbocycles. The van der Waals surface area contributed by atoms with Crippen molar-refractivity contribution in [3.8, 4) is 0 Å². The second-order valence-electron chi connectivity index (χ2n) is 4.41. The first kappa shape index (κ1) is 9.22. The maximum atomic E-state index is 5.93. The number of hydrogen-bond acceptors (Lipinski definition) is 1. The zero-order valence-corrected chi connectivity index (χ0v) is 9.38. The molecule has 2 nitrogen and oxygen atoms in total. The van der Waals surface area contributed by atoms with Crippen molar-refractivity contribution in [2.24, 2.45) is 5.92 Å². The van der Waals surface area contributed by atoms with Gasteiger partial charge in [0.15, 0.2) is 0 Å². The molecule has 15 heavy (non-hydrogen) atoms. The maximum absolute atomic E-state index is 5.93. The Kier molecular flexibility index (Phi) is 1.99. The predicted molar refractivity (Wildman–Crippen MR) is 62.2 cm³/mol. The second-order valence-corrected chi connectivity index (χ2v) is 4.85. The van der Waals surface area contributed by atoms with Crippen LogP contribution in [0.4, 0.5) is 0 Å². The molecule has 1 fully saturated rings. The number of aromatic amines is 1. The number of hydrogen-bond donors (Lipinski definition) is 1. The highest BCUT2D eigenvalue weighted by atomic mass is 35.5. The van der Waals surface area contributed by atoms with Gasteiger partial charge in [-0.1, -0.05) is 18.5 Å². The first-order valence-corrected chi connectivity index (χ1v) is 5.77. The van der Waals surface area contributed by atoms with E-state index in [-0.39, 0.29) is 0 Å². The number of benzene rings is 1. The van der Waals surface area contributed by atoms with E-state index < -0.39 is 0 Å². The zero-order valence-electron chi connectivity index (χ0n) is 8.63. The first-order chi connectivity index (χ1) is 7.24. The average Bonchev–Trinajstić information content (AvgIpc) is 2.97. The lowest BCUT2D eigenvalue weighted by atomic mass is 10.1. The highest BCUT2D eigenvalue weighted by molar-refractivity contribution is 6.31. The van der Waals surface area contributed by atoms with Crippen LogP contribution in [0.1, 0.15) is 31.5 Å². The minimum atomic E-state index is 0.552. The summed E-state index contributed by atoms with van der Waals surface area (Å²) in [5.41, 5.74) is 2.06. The van der Waals surface area contributed by atoms with E-state index in [4.69, 9.17) is 11.6 Å². The van der Waals surface area contributed by atoms with Crippen molar-refractivity contribution in [2.75, 3.05) is 0 Å². The fourth-order valence-corrected chi connectivity index (χ4v) is 2.21. The minimum absolute atomic E-state index is 0.552. The van der Waals surface area contributed by atoms with E-state index >= 15 is 0 Å². The van der Waals surface area contributed by atoms with Crippen molar-refractivity contribution in [2.45, 2.75) is 25.7 Å². The zero-order chi connectivity index (χ0) is 10.4. The minimum Gasteiger partial charge on any atom is -0.342 e. The Hall–Kier alpha value is -1.02.